The first-order valence-corrected chi connectivity index (χ1v) is 13.0. The fraction of sp³-hybridized carbons (Fsp3) is 0.280. The molecule has 1 N–H and O–H groups in total. The molecule has 0 bridgehead atoms. The molecule has 4 aromatic rings. The van der Waals surface area contributed by atoms with E-state index in [1.165, 1.54) is 15.3 Å². The number of quaternary nitrogens is 1. The maximum absolute atomic E-state index is 13.9. The summed E-state index contributed by atoms with van der Waals surface area (Å²) in [7, 11) is 3.83. The Labute approximate surface area is 204 Å². The van der Waals surface area contributed by atoms with Crippen LogP contribution in [-0.4, -0.2) is 37.0 Å². The summed E-state index contributed by atoms with van der Waals surface area (Å²) in [5, 5.41) is 1.45. The smallest absolute Gasteiger partial charge is 0.267 e. The number of nitrogens with one attached hydrogen (secondary N) is 1. The Morgan fingerprint density at radius 2 is 2.00 bits per heavy atom. The molecule has 2 aromatic heterocycles. The lowest BCUT2D eigenvalue weighted by molar-refractivity contribution is -0.895. The number of benzene rings is 2. The number of likely N-dealkylation sites (N-methyl/N-ethyl adjacent to an activating group) is 1. The molecule has 34 heavy (non-hydrogen) atoms. The van der Waals surface area contributed by atoms with Crippen molar-refractivity contribution in [1.82, 2.24) is 9.55 Å². The Balaban J connectivity index is 1.45. The molecule has 2 aromatic carbocycles. The predicted molar refractivity (Wildman–Crippen MR) is 133 cm³/mol. The quantitative estimate of drug-likeness (QED) is 0.340. The lowest BCUT2D eigenvalue weighted by atomic mass is 10.1. The van der Waals surface area contributed by atoms with E-state index < -0.39 is 0 Å². The van der Waals surface area contributed by atoms with Crippen LogP contribution in [-0.2, 0) is 18.7 Å². The molecule has 2 aliphatic rings. The van der Waals surface area contributed by atoms with Gasteiger partial charge in [-0.1, -0.05) is 17.8 Å². The Morgan fingerprint density at radius 3 is 2.82 bits per heavy atom. The Kier molecular flexibility index (Phi) is 5.47. The van der Waals surface area contributed by atoms with Crippen molar-refractivity contribution < 1.29 is 19.1 Å². The number of hydrogen-bond donors (Lipinski definition) is 1. The maximum atomic E-state index is 13.9. The number of hydrogen-bond acceptors (Lipinski definition) is 7. The summed E-state index contributed by atoms with van der Waals surface area (Å²) < 4.78 is 18.0. The van der Waals surface area contributed by atoms with Crippen LogP contribution in [0, 0.1) is 0 Å². The van der Waals surface area contributed by atoms with Crippen molar-refractivity contribution in [3.05, 3.63) is 68.8 Å². The van der Waals surface area contributed by atoms with Crippen LogP contribution >= 0.6 is 23.1 Å². The number of rotatable bonds is 5. The molecular weight excluding hydrogens is 470 g/mol. The highest BCUT2D eigenvalue weighted by Crippen LogP contribution is 2.36. The highest BCUT2D eigenvalue weighted by molar-refractivity contribution is 7.98. The van der Waals surface area contributed by atoms with Gasteiger partial charge in [0.05, 0.1) is 36.7 Å². The van der Waals surface area contributed by atoms with E-state index in [1.807, 2.05) is 42.5 Å². The molecule has 7 nitrogen and oxygen atoms in total. The summed E-state index contributed by atoms with van der Waals surface area (Å²) in [4.78, 5) is 22.5. The van der Waals surface area contributed by atoms with E-state index in [0.717, 1.165) is 58.2 Å². The molecule has 0 fully saturated rings. The van der Waals surface area contributed by atoms with Crippen molar-refractivity contribution >= 4 is 33.3 Å². The van der Waals surface area contributed by atoms with Crippen LogP contribution in [0.1, 0.15) is 16.0 Å². The van der Waals surface area contributed by atoms with Crippen LogP contribution < -0.4 is 24.7 Å². The van der Waals surface area contributed by atoms with Crippen LogP contribution in [0.25, 0.3) is 15.9 Å². The second-order valence-electron chi connectivity index (χ2n) is 8.53. The molecule has 0 saturated heterocycles. The zero-order valence-electron chi connectivity index (χ0n) is 18.9. The number of methoxy groups -OCH3 is 1. The minimum atomic E-state index is 0.000376. The van der Waals surface area contributed by atoms with E-state index in [1.54, 1.807) is 34.8 Å². The molecule has 1 unspecified atom stereocenters. The number of fused-ring (bicyclic) bond motifs is 4. The fourth-order valence-electron chi connectivity index (χ4n) is 4.48. The first-order valence-electron chi connectivity index (χ1n) is 11.1. The molecule has 4 heterocycles. The molecule has 0 spiro atoms. The molecule has 0 saturated carbocycles. The van der Waals surface area contributed by atoms with Crippen LogP contribution in [0.3, 0.4) is 0 Å². The molecule has 2 aliphatic heterocycles. The number of aromatic nitrogens is 2. The van der Waals surface area contributed by atoms with Gasteiger partial charge in [0.1, 0.15) is 17.1 Å². The Morgan fingerprint density at radius 1 is 1.18 bits per heavy atom. The van der Waals surface area contributed by atoms with Gasteiger partial charge in [0, 0.05) is 12.2 Å². The van der Waals surface area contributed by atoms with E-state index in [9.17, 15) is 4.79 Å². The summed E-state index contributed by atoms with van der Waals surface area (Å²) in [6, 6.07) is 13.5. The fourth-order valence-corrected chi connectivity index (χ4v) is 6.81. The number of nitrogens with zero attached hydrogens (tertiary/aromatic N) is 2. The van der Waals surface area contributed by atoms with E-state index in [4.69, 9.17) is 19.2 Å². The van der Waals surface area contributed by atoms with E-state index >= 15 is 0 Å². The Bertz CT molecular complexity index is 1450. The van der Waals surface area contributed by atoms with Gasteiger partial charge in [-0.25, -0.2) is 4.98 Å². The first kappa shape index (κ1) is 21.5. The number of thiophene rings is 1. The monoisotopic (exact) mass is 494 g/mol. The maximum Gasteiger partial charge on any atom is 0.267 e. The lowest BCUT2D eigenvalue weighted by Gasteiger charge is -2.19. The summed E-state index contributed by atoms with van der Waals surface area (Å²) in [6.07, 6.45) is 0.907. The summed E-state index contributed by atoms with van der Waals surface area (Å²) in [5.41, 5.74) is 3.05. The van der Waals surface area contributed by atoms with Crippen LogP contribution in [0.2, 0.25) is 0 Å². The molecule has 1 atom stereocenters. The zero-order valence-corrected chi connectivity index (χ0v) is 20.6. The van der Waals surface area contributed by atoms with Gasteiger partial charge < -0.3 is 19.1 Å². The van der Waals surface area contributed by atoms with Crippen LogP contribution in [0.5, 0.6) is 17.2 Å². The van der Waals surface area contributed by atoms with Gasteiger partial charge in [-0.2, -0.15) is 0 Å². The first-order chi connectivity index (χ1) is 16.6. The summed E-state index contributed by atoms with van der Waals surface area (Å²) in [5.74, 6) is 2.92. The Hall–Kier alpha value is -3.01. The summed E-state index contributed by atoms with van der Waals surface area (Å²) in [6.45, 7) is 2.22. The zero-order chi connectivity index (χ0) is 23.2. The standard InChI is InChI=1S/C25H23N3O4S2/c1-27-10-9-18-21(12-27)34-23-22(18)24(29)28(16-4-6-17(30-2)7-5-16)25(26-23)33-13-15-3-8-19-20(11-15)32-14-31-19/h3-8,11H,9-10,12-14H2,1-2H3/p+1. The molecule has 0 radical (unpaired) electrons. The molecular formula is C25H24N3O4S2+. The molecule has 6 rings (SSSR count). The van der Waals surface area contributed by atoms with E-state index in [2.05, 4.69) is 7.05 Å². The molecule has 0 amide bonds. The topological polar surface area (TPSA) is 67.0 Å². The summed E-state index contributed by atoms with van der Waals surface area (Å²) >= 11 is 3.22. The third-order valence-corrected chi connectivity index (χ3v) is 8.41. The van der Waals surface area contributed by atoms with Gasteiger partial charge in [-0.3, -0.25) is 9.36 Å². The van der Waals surface area contributed by atoms with Crippen molar-refractivity contribution in [2.75, 3.05) is 27.5 Å². The molecule has 9 heteroatoms. The van der Waals surface area contributed by atoms with Crippen molar-refractivity contribution in [3.8, 4) is 22.9 Å². The molecule has 174 valence electrons. The minimum Gasteiger partial charge on any atom is -0.497 e. The van der Waals surface area contributed by atoms with Crippen molar-refractivity contribution in [2.45, 2.75) is 23.9 Å². The highest BCUT2D eigenvalue weighted by atomic mass is 32.2. The van der Waals surface area contributed by atoms with Gasteiger partial charge >= 0.3 is 0 Å². The van der Waals surface area contributed by atoms with Crippen molar-refractivity contribution in [3.63, 3.8) is 0 Å². The van der Waals surface area contributed by atoms with E-state index in [0.29, 0.717) is 10.9 Å². The second kappa shape index (κ2) is 8.65. The van der Waals surface area contributed by atoms with Crippen LogP contribution in [0.4, 0.5) is 0 Å². The van der Waals surface area contributed by atoms with Crippen molar-refractivity contribution in [1.29, 1.82) is 0 Å². The van der Waals surface area contributed by atoms with Crippen molar-refractivity contribution in [2.24, 2.45) is 0 Å². The lowest BCUT2D eigenvalue weighted by Crippen LogP contribution is -3.08. The van der Waals surface area contributed by atoms with Crippen LogP contribution in [0.15, 0.2) is 52.4 Å². The second-order valence-corrected chi connectivity index (χ2v) is 10.6. The largest absolute Gasteiger partial charge is 0.497 e. The predicted octanol–water partition coefficient (Wildman–Crippen LogP) is 3.05. The van der Waals surface area contributed by atoms with Gasteiger partial charge in [-0.05, 0) is 47.5 Å². The average molecular weight is 495 g/mol. The van der Waals surface area contributed by atoms with E-state index in [-0.39, 0.29) is 12.4 Å². The third-order valence-electron chi connectivity index (χ3n) is 6.28. The molecule has 0 aliphatic carbocycles. The highest BCUT2D eigenvalue weighted by Gasteiger charge is 2.26. The third kappa shape index (κ3) is 3.73. The number of ether oxygens (including phenoxy) is 3. The van der Waals surface area contributed by atoms with Gasteiger partial charge in [0.15, 0.2) is 16.7 Å². The van der Waals surface area contributed by atoms with Gasteiger partial charge in [0.2, 0.25) is 6.79 Å². The normalized spacial score (nSPS) is 16.6. The average Bonchev–Trinajstić information content (AvgIpc) is 3.46. The minimum absolute atomic E-state index is 0.000376. The van der Waals surface area contributed by atoms with Gasteiger partial charge in [-0.15, -0.1) is 11.3 Å². The van der Waals surface area contributed by atoms with Gasteiger partial charge in [0.25, 0.3) is 5.56 Å². The number of thioether (sulfide) groups is 1. The SMILES string of the molecule is COc1ccc(-n2c(SCc3ccc4c(c3)OCO4)nc3sc4c(c3c2=O)CC[NH+](C)C4)cc1.